The summed E-state index contributed by atoms with van der Waals surface area (Å²) in [5.41, 5.74) is 1.51. The van der Waals surface area contributed by atoms with E-state index >= 15 is 0 Å². The third kappa shape index (κ3) is 4.95. The van der Waals surface area contributed by atoms with Gasteiger partial charge in [0.15, 0.2) is 0 Å². The van der Waals surface area contributed by atoms with Crippen LogP contribution in [0.25, 0.3) is 0 Å². The Labute approximate surface area is 177 Å². The standard InChI is InChI=1S/C20H22N4O5S/c1-13-3-4-15(12-22-5-7-30-8-6-22)9-18(13)21-20(25)17-10-16(23(26)27)11-19(14(17)2)24(28)29/h3-4,9-11H,5-8,12H2,1-2H3,(H,21,25). The molecular weight excluding hydrogens is 408 g/mol. The summed E-state index contributed by atoms with van der Waals surface area (Å²) in [4.78, 5) is 36.2. The predicted molar refractivity (Wildman–Crippen MR) is 116 cm³/mol. The summed E-state index contributed by atoms with van der Waals surface area (Å²) in [6, 6.07) is 7.75. The summed E-state index contributed by atoms with van der Waals surface area (Å²) < 4.78 is 0. The number of rotatable bonds is 6. The third-order valence-electron chi connectivity index (χ3n) is 5.08. The number of carbonyl (C=O) groups excluding carboxylic acids is 1. The molecule has 2 aromatic rings. The Morgan fingerprint density at radius 2 is 1.80 bits per heavy atom. The lowest BCUT2D eigenvalue weighted by molar-refractivity contribution is -0.394. The number of aryl methyl sites for hydroxylation is 1. The number of thioether (sulfide) groups is 1. The minimum atomic E-state index is -0.744. The van der Waals surface area contributed by atoms with E-state index in [4.69, 9.17) is 0 Å². The van der Waals surface area contributed by atoms with Gasteiger partial charge in [-0.3, -0.25) is 29.9 Å². The summed E-state index contributed by atoms with van der Waals surface area (Å²) in [7, 11) is 0. The Bertz CT molecular complexity index is 1000. The van der Waals surface area contributed by atoms with Crippen LogP contribution in [0.1, 0.15) is 27.0 Å². The van der Waals surface area contributed by atoms with Gasteiger partial charge in [0, 0.05) is 48.5 Å². The zero-order chi connectivity index (χ0) is 21.8. The Kier molecular flexibility index (Phi) is 6.68. The van der Waals surface area contributed by atoms with Gasteiger partial charge in [-0.25, -0.2) is 0 Å². The van der Waals surface area contributed by atoms with Crippen LogP contribution in [0.15, 0.2) is 30.3 Å². The molecule has 0 saturated carbocycles. The lowest BCUT2D eigenvalue weighted by Crippen LogP contribution is -2.32. The van der Waals surface area contributed by atoms with E-state index in [0.29, 0.717) is 5.69 Å². The van der Waals surface area contributed by atoms with Crippen LogP contribution in [0.5, 0.6) is 0 Å². The van der Waals surface area contributed by atoms with E-state index in [1.807, 2.05) is 36.9 Å². The number of nitrogens with one attached hydrogen (secondary N) is 1. The lowest BCUT2D eigenvalue weighted by Gasteiger charge is -2.26. The minimum absolute atomic E-state index is 0.0859. The van der Waals surface area contributed by atoms with Crippen LogP contribution < -0.4 is 5.32 Å². The van der Waals surface area contributed by atoms with Crippen LogP contribution in [0.4, 0.5) is 17.1 Å². The topological polar surface area (TPSA) is 119 Å². The van der Waals surface area contributed by atoms with Gasteiger partial charge in [0.05, 0.1) is 21.5 Å². The van der Waals surface area contributed by atoms with Crippen LogP contribution in [0.2, 0.25) is 0 Å². The first-order valence-electron chi connectivity index (χ1n) is 9.40. The van der Waals surface area contributed by atoms with Crippen molar-refractivity contribution < 1.29 is 14.6 Å². The summed E-state index contributed by atoms with van der Waals surface area (Å²) >= 11 is 1.93. The summed E-state index contributed by atoms with van der Waals surface area (Å²) in [6.07, 6.45) is 0. The lowest BCUT2D eigenvalue weighted by atomic mass is 10.0. The maximum Gasteiger partial charge on any atom is 0.279 e. The number of nitro groups is 2. The number of hydrogen-bond donors (Lipinski definition) is 1. The molecule has 1 aliphatic heterocycles. The van der Waals surface area contributed by atoms with Gasteiger partial charge in [0.2, 0.25) is 0 Å². The number of carbonyl (C=O) groups is 1. The van der Waals surface area contributed by atoms with E-state index in [9.17, 15) is 25.0 Å². The molecule has 1 aliphatic rings. The highest BCUT2D eigenvalue weighted by molar-refractivity contribution is 7.99. The second-order valence-corrected chi connectivity index (χ2v) is 8.37. The van der Waals surface area contributed by atoms with Crippen LogP contribution in [-0.4, -0.2) is 45.2 Å². The van der Waals surface area contributed by atoms with Crippen LogP contribution in [0, 0.1) is 34.1 Å². The summed E-state index contributed by atoms with van der Waals surface area (Å²) in [5, 5.41) is 25.2. The average Bonchev–Trinajstić information content (AvgIpc) is 2.71. The van der Waals surface area contributed by atoms with Crippen LogP contribution in [-0.2, 0) is 6.54 Å². The molecular formula is C20H22N4O5S. The molecule has 1 fully saturated rings. The number of nitro benzene ring substituents is 2. The molecule has 1 N–H and O–H groups in total. The SMILES string of the molecule is Cc1ccc(CN2CCSCC2)cc1NC(=O)c1cc([N+](=O)[O-])cc([N+](=O)[O-])c1C. The van der Waals surface area contributed by atoms with Crippen molar-refractivity contribution >= 4 is 34.7 Å². The molecule has 0 unspecified atom stereocenters. The fraction of sp³-hybridized carbons (Fsp3) is 0.350. The van der Waals surface area contributed by atoms with Crippen molar-refractivity contribution in [1.82, 2.24) is 4.90 Å². The molecule has 1 heterocycles. The number of benzene rings is 2. The molecule has 0 radical (unpaired) electrons. The molecule has 0 atom stereocenters. The molecule has 30 heavy (non-hydrogen) atoms. The fourth-order valence-electron chi connectivity index (χ4n) is 3.32. The Morgan fingerprint density at radius 3 is 2.43 bits per heavy atom. The number of anilines is 1. The molecule has 1 amide bonds. The van der Waals surface area contributed by atoms with E-state index in [-0.39, 0.29) is 11.1 Å². The Morgan fingerprint density at radius 1 is 1.10 bits per heavy atom. The molecule has 0 aliphatic carbocycles. The zero-order valence-electron chi connectivity index (χ0n) is 16.7. The number of amides is 1. The largest absolute Gasteiger partial charge is 0.322 e. The van der Waals surface area contributed by atoms with Crippen LogP contribution in [0.3, 0.4) is 0 Å². The first-order valence-corrected chi connectivity index (χ1v) is 10.6. The van der Waals surface area contributed by atoms with Gasteiger partial charge in [0.1, 0.15) is 0 Å². The van der Waals surface area contributed by atoms with Crippen molar-refractivity contribution in [2.75, 3.05) is 29.9 Å². The van der Waals surface area contributed by atoms with Gasteiger partial charge >= 0.3 is 0 Å². The first kappa shape index (κ1) is 21.7. The predicted octanol–water partition coefficient (Wildman–Crippen LogP) is 3.92. The van der Waals surface area contributed by atoms with E-state index in [1.54, 1.807) is 0 Å². The third-order valence-corrected chi connectivity index (χ3v) is 6.02. The number of non-ortho nitro benzene ring substituents is 1. The Hall–Kier alpha value is -2.98. The fourth-order valence-corrected chi connectivity index (χ4v) is 4.30. The molecule has 2 aromatic carbocycles. The van der Waals surface area contributed by atoms with Crippen molar-refractivity contribution in [3.63, 3.8) is 0 Å². The smallest absolute Gasteiger partial charge is 0.279 e. The number of hydrogen-bond acceptors (Lipinski definition) is 7. The maximum absolute atomic E-state index is 12.9. The molecule has 3 rings (SSSR count). The zero-order valence-corrected chi connectivity index (χ0v) is 17.5. The normalized spacial score (nSPS) is 14.3. The van der Waals surface area contributed by atoms with Crippen molar-refractivity contribution in [2.45, 2.75) is 20.4 Å². The van der Waals surface area contributed by atoms with E-state index in [0.717, 1.165) is 54.4 Å². The van der Waals surface area contributed by atoms with Gasteiger partial charge in [-0.05, 0) is 31.0 Å². The first-order chi connectivity index (χ1) is 14.3. The highest BCUT2D eigenvalue weighted by Crippen LogP contribution is 2.29. The summed E-state index contributed by atoms with van der Waals surface area (Å²) in [6.45, 7) is 6.05. The van der Waals surface area contributed by atoms with Crippen molar-refractivity contribution in [1.29, 1.82) is 0 Å². The highest BCUT2D eigenvalue weighted by atomic mass is 32.2. The quantitative estimate of drug-likeness (QED) is 0.545. The molecule has 10 heteroatoms. The van der Waals surface area contributed by atoms with E-state index in [2.05, 4.69) is 10.2 Å². The molecule has 0 aromatic heterocycles. The van der Waals surface area contributed by atoms with Crippen molar-refractivity contribution in [3.05, 3.63) is 72.8 Å². The maximum atomic E-state index is 12.9. The van der Waals surface area contributed by atoms with Gasteiger partial charge in [-0.1, -0.05) is 12.1 Å². The van der Waals surface area contributed by atoms with Crippen molar-refractivity contribution in [3.8, 4) is 0 Å². The molecule has 9 nitrogen and oxygen atoms in total. The molecule has 0 spiro atoms. The molecule has 1 saturated heterocycles. The average molecular weight is 430 g/mol. The molecule has 0 bridgehead atoms. The van der Waals surface area contributed by atoms with Crippen LogP contribution >= 0.6 is 11.8 Å². The number of nitrogens with zero attached hydrogens (tertiary/aromatic N) is 3. The van der Waals surface area contributed by atoms with Gasteiger partial charge in [-0.2, -0.15) is 11.8 Å². The second kappa shape index (κ2) is 9.23. The molecule has 158 valence electrons. The van der Waals surface area contributed by atoms with Gasteiger partial charge in [-0.15, -0.1) is 0 Å². The summed E-state index contributed by atoms with van der Waals surface area (Å²) in [5.74, 6) is 1.58. The van der Waals surface area contributed by atoms with Crippen molar-refractivity contribution in [2.24, 2.45) is 0 Å². The van der Waals surface area contributed by atoms with Gasteiger partial charge in [0.25, 0.3) is 17.3 Å². The Balaban J connectivity index is 1.87. The highest BCUT2D eigenvalue weighted by Gasteiger charge is 2.25. The monoisotopic (exact) mass is 430 g/mol. The van der Waals surface area contributed by atoms with E-state index in [1.165, 1.54) is 6.92 Å². The minimum Gasteiger partial charge on any atom is -0.322 e. The van der Waals surface area contributed by atoms with Gasteiger partial charge < -0.3 is 5.32 Å². The second-order valence-electron chi connectivity index (χ2n) is 7.14. The van der Waals surface area contributed by atoms with E-state index < -0.39 is 27.1 Å².